The molecule has 1 atom stereocenters. The highest BCUT2D eigenvalue weighted by Gasteiger charge is 2.34. The van der Waals surface area contributed by atoms with Gasteiger partial charge in [0, 0.05) is 39.1 Å². The van der Waals surface area contributed by atoms with Crippen molar-refractivity contribution in [2.24, 2.45) is 11.8 Å². The van der Waals surface area contributed by atoms with Crippen LogP contribution in [-0.4, -0.2) is 82.6 Å². The number of carbonyl (C=O) groups is 2. The van der Waals surface area contributed by atoms with Crippen LogP contribution in [-0.2, 0) is 26.0 Å². The SMILES string of the molecule is COc1ccc(CCN2CC(C(=O)NCC3CCN(S(C)(=O)=O)CC3)CC2=O)cc1OC. The Morgan fingerprint density at radius 3 is 2.47 bits per heavy atom. The summed E-state index contributed by atoms with van der Waals surface area (Å²) in [7, 11) is 0.0252. The maximum Gasteiger partial charge on any atom is 0.225 e. The van der Waals surface area contributed by atoms with Gasteiger partial charge in [0.25, 0.3) is 0 Å². The number of amides is 2. The van der Waals surface area contributed by atoms with Gasteiger partial charge in [-0.3, -0.25) is 9.59 Å². The third-order valence-corrected chi connectivity index (χ3v) is 7.61. The monoisotopic (exact) mass is 467 g/mol. The molecular weight excluding hydrogens is 434 g/mol. The van der Waals surface area contributed by atoms with Crippen molar-refractivity contribution in [3.05, 3.63) is 23.8 Å². The summed E-state index contributed by atoms with van der Waals surface area (Å²) in [5, 5.41) is 2.97. The number of methoxy groups -OCH3 is 2. The Morgan fingerprint density at radius 2 is 1.84 bits per heavy atom. The zero-order chi connectivity index (χ0) is 23.3. The van der Waals surface area contributed by atoms with Crippen molar-refractivity contribution in [1.82, 2.24) is 14.5 Å². The first-order valence-corrected chi connectivity index (χ1v) is 12.8. The van der Waals surface area contributed by atoms with Crippen LogP contribution in [0.3, 0.4) is 0 Å². The Balaban J connectivity index is 1.43. The summed E-state index contributed by atoms with van der Waals surface area (Å²) in [6.45, 7) is 2.47. The highest BCUT2D eigenvalue weighted by Crippen LogP contribution is 2.28. The Morgan fingerprint density at radius 1 is 1.16 bits per heavy atom. The van der Waals surface area contributed by atoms with Crippen LogP contribution in [0.5, 0.6) is 11.5 Å². The molecule has 0 bridgehead atoms. The number of benzene rings is 1. The van der Waals surface area contributed by atoms with Gasteiger partial charge in [-0.1, -0.05) is 6.07 Å². The van der Waals surface area contributed by atoms with E-state index in [1.807, 2.05) is 18.2 Å². The van der Waals surface area contributed by atoms with Crippen molar-refractivity contribution < 1.29 is 27.5 Å². The summed E-state index contributed by atoms with van der Waals surface area (Å²) in [6, 6.07) is 5.69. The second-order valence-electron chi connectivity index (χ2n) is 8.53. The molecule has 3 rings (SSSR count). The standard InChI is InChI=1S/C22H33N3O6S/c1-30-19-5-4-16(12-20(19)31-2)6-9-24-15-18(13-21(24)26)22(27)23-14-17-7-10-25(11-8-17)32(3,28)29/h4-5,12,17-18H,6-11,13-15H2,1-3H3,(H,23,27). The molecule has 2 saturated heterocycles. The number of ether oxygens (including phenoxy) is 2. The fourth-order valence-corrected chi connectivity index (χ4v) is 5.17. The van der Waals surface area contributed by atoms with Gasteiger partial charge < -0.3 is 19.7 Å². The molecule has 1 unspecified atom stereocenters. The zero-order valence-electron chi connectivity index (χ0n) is 19.0. The topological polar surface area (TPSA) is 105 Å². The maximum atomic E-state index is 12.6. The summed E-state index contributed by atoms with van der Waals surface area (Å²) in [5.74, 6) is 1.12. The molecule has 1 aromatic carbocycles. The molecule has 0 saturated carbocycles. The summed E-state index contributed by atoms with van der Waals surface area (Å²) >= 11 is 0. The molecule has 10 heteroatoms. The smallest absolute Gasteiger partial charge is 0.225 e. The number of nitrogens with zero attached hydrogens (tertiary/aromatic N) is 2. The van der Waals surface area contributed by atoms with E-state index in [0.717, 1.165) is 18.4 Å². The van der Waals surface area contributed by atoms with Gasteiger partial charge in [-0.25, -0.2) is 12.7 Å². The van der Waals surface area contributed by atoms with E-state index in [4.69, 9.17) is 9.47 Å². The van der Waals surface area contributed by atoms with E-state index in [-0.39, 0.29) is 30.1 Å². The number of carbonyl (C=O) groups excluding carboxylic acids is 2. The van der Waals surface area contributed by atoms with Gasteiger partial charge in [0.2, 0.25) is 21.8 Å². The molecule has 0 aromatic heterocycles. The fourth-order valence-electron chi connectivity index (χ4n) is 4.30. The predicted molar refractivity (Wildman–Crippen MR) is 120 cm³/mol. The third kappa shape index (κ3) is 6.13. The quantitative estimate of drug-likeness (QED) is 0.578. The molecule has 1 N–H and O–H groups in total. The average molecular weight is 468 g/mol. The lowest BCUT2D eigenvalue weighted by Gasteiger charge is -2.30. The summed E-state index contributed by atoms with van der Waals surface area (Å²) in [5.41, 5.74) is 1.03. The molecule has 2 heterocycles. The molecule has 178 valence electrons. The Labute approximate surface area is 190 Å². The van der Waals surface area contributed by atoms with Crippen molar-refractivity contribution in [1.29, 1.82) is 0 Å². The van der Waals surface area contributed by atoms with Crippen LogP contribution in [0.15, 0.2) is 18.2 Å². The number of sulfonamides is 1. The number of hydrogen-bond acceptors (Lipinski definition) is 6. The van der Waals surface area contributed by atoms with Crippen molar-refractivity contribution in [2.75, 3.05) is 53.2 Å². The Hall–Kier alpha value is -2.33. The molecule has 0 radical (unpaired) electrons. The number of nitrogens with one attached hydrogen (secondary N) is 1. The highest BCUT2D eigenvalue weighted by molar-refractivity contribution is 7.88. The van der Waals surface area contributed by atoms with E-state index in [9.17, 15) is 18.0 Å². The van der Waals surface area contributed by atoms with Gasteiger partial charge in [-0.15, -0.1) is 0 Å². The molecule has 2 aliphatic rings. The molecule has 32 heavy (non-hydrogen) atoms. The van der Waals surface area contributed by atoms with Crippen LogP contribution < -0.4 is 14.8 Å². The first-order chi connectivity index (χ1) is 15.2. The Kier molecular flexibility index (Phi) is 8.00. The second kappa shape index (κ2) is 10.5. The second-order valence-corrected chi connectivity index (χ2v) is 10.5. The lowest BCUT2D eigenvalue weighted by atomic mass is 9.97. The van der Waals surface area contributed by atoms with Gasteiger partial charge in [-0.2, -0.15) is 0 Å². The highest BCUT2D eigenvalue weighted by atomic mass is 32.2. The fraction of sp³-hybridized carbons (Fsp3) is 0.636. The number of likely N-dealkylation sites (tertiary alicyclic amines) is 1. The summed E-state index contributed by atoms with van der Waals surface area (Å²) in [6.07, 6.45) is 3.58. The van der Waals surface area contributed by atoms with E-state index in [1.165, 1.54) is 10.6 Å². The maximum absolute atomic E-state index is 12.6. The van der Waals surface area contributed by atoms with Crippen LogP contribution in [0.2, 0.25) is 0 Å². The summed E-state index contributed by atoms with van der Waals surface area (Å²) < 4.78 is 35.3. The predicted octanol–water partition coefficient (Wildman–Crippen LogP) is 0.883. The third-order valence-electron chi connectivity index (χ3n) is 6.31. The molecule has 1 aromatic rings. The number of hydrogen-bond donors (Lipinski definition) is 1. The van der Waals surface area contributed by atoms with Gasteiger partial charge >= 0.3 is 0 Å². The van der Waals surface area contributed by atoms with Crippen molar-refractivity contribution >= 4 is 21.8 Å². The minimum atomic E-state index is -3.15. The minimum Gasteiger partial charge on any atom is -0.493 e. The first-order valence-electron chi connectivity index (χ1n) is 10.9. The number of piperidine rings is 1. The normalized spacial score (nSPS) is 20.4. The van der Waals surface area contributed by atoms with Crippen LogP contribution in [0.1, 0.15) is 24.8 Å². The molecular formula is C22H33N3O6S. The van der Waals surface area contributed by atoms with Crippen molar-refractivity contribution in [2.45, 2.75) is 25.7 Å². The molecule has 2 aliphatic heterocycles. The largest absolute Gasteiger partial charge is 0.493 e. The lowest BCUT2D eigenvalue weighted by molar-refractivity contribution is -0.129. The molecule has 2 amide bonds. The van der Waals surface area contributed by atoms with Crippen molar-refractivity contribution in [3.8, 4) is 11.5 Å². The van der Waals surface area contributed by atoms with E-state index in [2.05, 4.69) is 5.32 Å². The van der Waals surface area contributed by atoms with Crippen LogP contribution >= 0.6 is 0 Å². The van der Waals surface area contributed by atoms with Crippen LogP contribution in [0.4, 0.5) is 0 Å². The molecule has 0 spiro atoms. The number of rotatable bonds is 9. The zero-order valence-corrected chi connectivity index (χ0v) is 19.8. The van der Waals surface area contributed by atoms with Crippen molar-refractivity contribution in [3.63, 3.8) is 0 Å². The molecule has 2 fully saturated rings. The minimum absolute atomic E-state index is 0.00733. The van der Waals surface area contributed by atoms with Gasteiger partial charge in [0.15, 0.2) is 11.5 Å². The van der Waals surface area contributed by atoms with E-state index >= 15 is 0 Å². The molecule has 0 aliphatic carbocycles. The van der Waals surface area contributed by atoms with Gasteiger partial charge in [0.05, 0.1) is 26.4 Å². The van der Waals surface area contributed by atoms with Crippen LogP contribution in [0, 0.1) is 11.8 Å². The Bertz CT molecular complexity index is 928. The summed E-state index contributed by atoms with van der Waals surface area (Å²) in [4.78, 5) is 26.8. The van der Waals surface area contributed by atoms with Gasteiger partial charge in [0.1, 0.15) is 0 Å². The van der Waals surface area contributed by atoms with Gasteiger partial charge in [-0.05, 0) is 42.9 Å². The first kappa shape index (κ1) is 24.3. The van der Waals surface area contributed by atoms with E-state index in [0.29, 0.717) is 50.6 Å². The lowest BCUT2D eigenvalue weighted by Crippen LogP contribution is -2.42. The average Bonchev–Trinajstić information content (AvgIpc) is 3.16. The van der Waals surface area contributed by atoms with E-state index in [1.54, 1.807) is 19.1 Å². The van der Waals surface area contributed by atoms with Crippen LogP contribution in [0.25, 0.3) is 0 Å². The molecule has 9 nitrogen and oxygen atoms in total. The van der Waals surface area contributed by atoms with E-state index < -0.39 is 10.0 Å².